The van der Waals surface area contributed by atoms with Crippen molar-refractivity contribution in [2.45, 2.75) is 42.4 Å². The van der Waals surface area contributed by atoms with Crippen molar-refractivity contribution in [1.82, 2.24) is 10.2 Å². The van der Waals surface area contributed by atoms with Gasteiger partial charge in [0.25, 0.3) is 5.69 Å². The van der Waals surface area contributed by atoms with Crippen LogP contribution in [0.15, 0.2) is 164 Å². The number of carbonyl (C=O) groups excluding carboxylic acids is 4. The van der Waals surface area contributed by atoms with Crippen molar-refractivity contribution >= 4 is 35.3 Å². The zero-order valence-corrected chi connectivity index (χ0v) is 35.3. The molecule has 0 saturated carbocycles. The van der Waals surface area contributed by atoms with Gasteiger partial charge >= 0.3 is 12.1 Å². The van der Waals surface area contributed by atoms with E-state index in [9.17, 15) is 25.1 Å². The second-order valence-corrected chi connectivity index (χ2v) is 16.2. The Labute approximate surface area is 378 Å². The van der Waals surface area contributed by atoms with Crippen molar-refractivity contribution in [3.05, 3.63) is 207 Å². The Bertz CT molecular complexity index is 2740. The lowest BCUT2D eigenvalue weighted by molar-refractivity contribution is -0.384. The topological polar surface area (TPSA) is 198 Å². The largest absolute Gasteiger partial charge is 0.491 e. The fourth-order valence-corrected chi connectivity index (χ4v) is 9.78. The van der Waals surface area contributed by atoms with Crippen LogP contribution in [0.4, 0.5) is 16.2 Å². The summed E-state index contributed by atoms with van der Waals surface area (Å²) in [7, 11) is 0. The highest BCUT2D eigenvalue weighted by Gasteiger charge is 2.75. The number of cyclic esters (lactones) is 1. The Kier molecular flexibility index (Phi) is 12.1. The predicted molar refractivity (Wildman–Crippen MR) is 239 cm³/mol. The summed E-state index contributed by atoms with van der Waals surface area (Å²) in [5, 5.41) is 35.1. The van der Waals surface area contributed by atoms with Crippen LogP contribution in [0.25, 0.3) is 0 Å². The predicted octanol–water partition coefficient (Wildman–Crippen LogP) is 6.82. The van der Waals surface area contributed by atoms with Crippen molar-refractivity contribution in [2.24, 2.45) is 5.92 Å². The van der Waals surface area contributed by atoms with Crippen molar-refractivity contribution in [2.75, 3.05) is 24.7 Å². The second-order valence-electron chi connectivity index (χ2n) is 16.2. The molecule has 0 aliphatic carbocycles. The molecule has 3 N–H and O–H groups in total. The number of nitro groups is 1. The molecule has 6 aromatic rings. The SMILES string of the molecule is O=C1OC(c2ccccc2)C(c2ccccc2)N2C1C(C(=O)NCC(O)c1ccccc1)C1(C(=O)N(C(=O)OCc3ccc([N+](=O)[O-])cc3)c3ccccc31)C2c1ccc(OCCO)cc1. The zero-order valence-electron chi connectivity index (χ0n) is 35.3. The monoisotopic (exact) mass is 888 g/mol. The molecule has 6 aromatic carbocycles. The van der Waals surface area contributed by atoms with Gasteiger partial charge in [-0.1, -0.05) is 121 Å². The van der Waals surface area contributed by atoms with Gasteiger partial charge < -0.3 is 29.7 Å². The molecule has 3 heterocycles. The second kappa shape index (κ2) is 18.4. The van der Waals surface area contributed by atoms with E-state index in [2.05, 4.69) is 5.32 Å². The van der Waals surface area contributed by atoms with Gasteiger partial charge in [-0.2, -0.15) is 0 Å². The highest BCUT2D eigenvalue weighted by molar-refractivity contribution is 6.23. The average Bonchev–Trinajstić information content (AvgIpc) is 3.81. The minimum atomic E-state index is -2.06. The first kappa shape index (κ1) is 43.5. The number of nitrogens with zero attached hydrogens (tertiary/aromatic N) is 3. The highest BCUT2D eigenvalue weighted by Crippen LogP contribution is 2.65. The molecule has 3 aliphatic heterocycles. The van der Waals surface area contributed by atoms with Crippen LogP contribution in [-0.2, 0) is 35.9 Å². The third-order valence-electron chi connectivity index (χ3n) is 12.6. The van der Waals surface area contributed by atoms with Gasteiger partial charge in [-0.15, -0.1) is 0 Å². The van der Waals surface area contributed by atoms with E-state index < -0.39 is 70.5 Å². The fraction of sp³-hybridized carbons (Fsp3) is 0.216. The molecule has 334 valence electrons. The van der Waals surface area contributed by atoms with E-state index in [1.807, 2.05) is 65.6 Å². The van der Waals surface area contributed by atoms with Gasteiger partial charge in [0, 0.05) is 18.7 Å². The first-order valence-electron chi connectivity index (χ1n) is 21.4. The summed E-state index contributed by atoms with van der Waals surface area (Å²) in [6.45, 7) is -0.862. The van der Waals surface area contributed by atoms with Gasteiger partial charge in [-0.05, 0) is 63.7 Å². The van der Waals surface area contributed by atoms with Crippen LogP contribution in [0, 0.1) is 16.0 Å². The lowest BCUT2D eigenvalue weighted by Crippen LogP contribution is -2.56. The molecule has 7 atom stereocenters. The zero-order chi connectivity index (χ0) is 46.0. The summed E-state index contributed by atoms with van der Waals surface area (Å²) in [5.74, 6) is -3.56. The number of rotatable bonds is 13. The number of aliphatic hydroxyl groups excluding tert-OH is 2. The molecule has 7 unspecified atom stereocenters. The normalized spacial score (nSPS) is 22.5. The number of ether oxygens (including phenoxy) is 3. The summed E-state index contributed by atoms with van der Waals surface area (Å²) in [4.78, 5) is 74.9. The number of para-hydroxylation sites is 1. The van der Waals surface area contributed by atoms with Gasteiger partial charge in [0.2, 0.25) is 11.8 Å². The first-order valence-corrected chi connectivity index (χ1v) is 21.4. The minimum Gasteiger partial charge on any atom is -0.491 e. The number of anilines is 1. The average molecular weight is 889 g/mol. The third kappa shape index (κ3) is 7.72. The summed E-state index contributed by atoms with van der Waals surface area (Å²) < 4.78 is 18.0. The molecule has 0 aromatic heterocycles. The van der Waals surface area contributed by atoms with Crippen LogP contribution in [0.2, 0.25) is 0 Å². The molecule has 2 fully saturated rings. The summed E-state index contributed by atoms with van der Waals surface area (Å²) in [6.07, 6.45) is -3.19. The van der Waals surface area contributed by atoms with E-state index in [0.29, 0.717) is 33.6 Å². The Hall–Kier alpha value is -7.72. The molecule has 0 radical (unpaired) electrons. The molecule has 3 aliphatic rings. The highest BCUT2D eigenvalue weighted by atomic mass is 16.6. The molecule has 0 bridgehead atoms. The van der Waals surface area contributed by atoms with Gasteiger partial charge in [0.05, 0.1) is 41.3 Å². The van der Waals surface area contributed by atoms with E-state index >= 15 is 14.4 Å². The standard InChI is InChI=1S/C51H44N4O11/c56-28-29-64-38-26-22-36(23-27-38)46-51(39-18-10-11-19-40(39)53(49(51)60)50(61)65-31-32-20-24-37(25-21-32)55(62)63)42(47(58)52-30-41(57)33-12-4-1-5-13-33)44-48(59)66-45(35-16-8-3-9-17-35)43(54(44)46)34-14-6-2-7-15-34/h1-27,41-46,56-57H,28-31H2,(H,52,58). The number of hydrogen-bond acceptors (Lipinski definition) is 12. The number of amides is 3. The number of aliphatic hydroxyl groups is 2. The molecule has 3 amide bonds. The molecule has 1 spiro atoms. The Morgan fingerprint density at radius 2 is 1.39 bits per heavy atom. The number of fused-ring (bicyclic) bond motifs is 3. The van der Waals surface area contributed by atoms with E-state index in [1.54, 1.807) is 78.9 Å². The number of nitrogens with one attached hydrogen (secondary N) is 1. The number of benzene rings is 6. The third-order valence-corrected chi connectivity index (χ3v) is 12.6. The maximum Gasteiger partial charge on any atom is 0.421 e. The molecule has 15 nitrogen and oxygen atoms in total. The summed E-state index contributed by atoms with van der Waals surface area (Å²) in [6, 6.07) is 42.6. The maximum atomic E-state index is 16.2. The lowest BCUT2D eigenvalue weighted by atomic mass is 9.65. The first-order chi connectivity index (χ1) is 32.1. The summed E-state index contributed by atoms with van der Waals surface area (Å²) >= 11 is 0. The van der Waals surface area contributed by atoms with Crippen molar-refractivity contribution in [3.63, 3.8) is 0 Å². The Morgan fingerprint density at radius 3 is 2.05 bits per heavy atom. The Morgan fingerprint density at radius 1 is 0.773 bits per heavy atom. The van der Waals surface area contributed by atoms with Gasteiger partial charge in [0.15, 0.2) is 0 Å². The molecular weight excluding hydrogens is 845 g/mol. The number of esters is 1. The van der Waals surface area contributed by atoms with Gasteiger partial charge in [0.1, 0.15) is 36.5 Å². The number of nitro benzene ring substituents is 1. The molecule has 9 rings (SSSR count). The maximum absolute atomic E-state index is 16.2. The van der Waals surface area contributed by atoms with Crippen LogP contribution in [0.5, 0.6) is 5.75 Å². The molecule has 2 saturated heterocycles. The van der Waals surface area contributed by atoms with Crippen LogP contribution >= 0.6 is 0 Å². The van der Waals surface area contributed by atoms with E-state index in [-0.39, 0.29) is 43.3 Å². The van der Waals surface area contributed by atoms with Crippen LogP contribution in [0.3, 0.4) is 0 Å². The Balaban J connectivity index is 1.24. The minimum absolute atomic E-state index is 0.0154. The van der Waals surface area contributed by atoms with E-state index in [4.69, 9.17) is 14.2 Å². The lowest BCUT2D eigenvalue weighted by Gasteiger charge is -2.46. The van der Waals surface area contributed by atoms with Gasteiger partial charge in [-0.3, -0.25) is 29.4 Å². The van der Waals surface area contributed by atoms with Crippen LogP contribution in [-0.4, -0.2) is 69.7 Å². The number of hydrogen-bond donors (Lipinski definition) is 3. The number of carbonyl (C=O) groups is 4. The fourth-order valence-electron chi connectivity index (χ4n) is 9.78. The smallest absolute Gasteiger partial charge is 0.421 e. The van der Waals surface area contributed by atoms with Crippen molar-refractivity contribution in [1.29, 1.82) is 0 Å². The van der Waals surface area contributed by atoms with E-state index in [0.717, 1.165) is 4.90 Å². The number of non-ortho nitro benzene ring substituents is 1. The molecule has 15 heteroatoms. The van der Waals surface area contributed by atoms with Crippen molar-refractivity contribution < 1.29 is 48.5 Å². The van der Waals surface area contributed by atoms with Crippen molar-refractivity contribution in [3.8, 4) is 5.75 Å². The van der Waals surface area contributed by atoms with Crippen LogP contribution < -0.4 is 15.0 Å². The van der Waals surface area contributed by atoms with Gasteiger partial charge in [-0.25, -0.2) is 9.69 Å². The number of imide groups is 1. The van der Waals surface area contributed by atoms with Crippen LogP contribution in [0.1, 0.15) is 57.7 Å². The summed E-state index contributed by atoms with van der Waals surface area (Å²) in [5.41, 5.74) is 0.976. The van der Waals surface area contributed by atoms with E-state index in [1.165, 1.54) is 24.3 Å². The number of morpholine rings is 1. The molecular formula is C51H44N4O11. The quantitative estimate of drug-likeness (QED) is 0.0623. The molecule has 66 heavy (non-hydrogen) atoms.